The number of ether oxygens (including phenoxy) is 1. The number of hydrogen-bond donors (Lipinski definition) is 0. The number of sulfonamides is 1. The van der Waals surface area contributed by atoms with E-state index in [9.17, 15) is 18.0 Å². The van der Waals surface area contributed by atoms with Crippen LogP contribution in [0.5, 0.6) is 0 Å². The van der Waals surface area contributed by atoms with Crippen molar-refractivity contribution in [2.45, 2.75) is 31.8 Å². The first-order valence-electron chi connectivity index (χ1n) is 13.6. The van der Waals surface area contributed by atoms with Gasteiger partial charge in [0, 0.05) is 26.8 Å². The highest BCUT2D eigenvalue weighted by Gasteiger charge is 2.38. The van der Waals surface area contributed by atoms with Gasteiger partial charge in [-0.3, -0.25) is 9.69 Å². The summed E-state index contributed by atoms with van der Waals surface area (Å²) >= 11 is 15.9. The summed E-state index contributed by atoms with van der Waals surface area (Å²) in [6.45, 7) is 3.33. The fraction of sp³-hybridized carbons (Fsp3) is 0.152. The van der Waals surface area contributed by atoms with Crippen LogP contribution in [0.3, 0.4) is 0 Å². The molecule has 0 unspecified atom stereocenters. The summed E-state index contributed by atoms with van der Waals surface area (Å²) in [5, 5.41) is 0.750. The third-order valence-corrected chi connectivity index (χ3v) is 10.1. The zero-order valence-corrected chi connectivity index (χ0v) is 28.3. The van der Waals surface area contributed by atoms with Gasteiger partial charge in [0.1, 0.15) is 11.5 Å². The highest BCUT2D eigenvalue weighted by atomic mass is 79.9. The van der Waals surface area contributed by atoms with E-state index in [0.717, 1.165) is 10.0 Å². The average Bonchev–Trinajstić information content (AvgIpc) is 3.54. The molecule has 1 amide bonds. The number of amides is 1. The van der Waals surface area contributed by atoms with Crippen LogP contribution in [0.1, 0.15) is 29.6 Å². The summed E-state index contributed by atoms with van der Waals surface area (Å²) in [4.78, 5) is 28.0. The molecule has 1 aromatic heterocycles. The highest BCUT2D eigenvalue weighted by molar-refractivity contribution is 9.10. The van der Waals surface area contributed by atoms with E-state index in [1.807, 2.05) is 13.0 Å². The van der Waals surface area contributed by atoms with Gasteiger partial charge in [0.15, 0.2) is 0 Å². The average molecular weight is 730 g/mol. The normalized spacial score (nSPS) is 14.6. The third kappa shape index (κ3) is 6.95. The summed E-state index contributed by atoms with van der Waals surface area (Å²) < 4.78 is 40.7. The molecule has 0 bridgehead atoms. The topological polar surface area (TPSA) is 97.1 Å². The fourth-order valence-corrected chi connectivity index (χ4v) is 7.14. The first-order valence-corrected chi connectivity index (χ1v) is 16.6. The second kappa shape index (κ2) is 13.4. The molecule has 0 aliphatic carbocycles. The quantitative estimate of drug-likeness (QED) is 0.128. The Labute approximate surface area is 279 Å². The lowest BCUT2D eigenvalue weighted by molar-refractivity contribution is -0.136. The number of nitrogens with zero attached hydrogens (tertiary/aromatic N) is 2. The van der Waals surface area contributed by atoms with E-state index in [2.05, 4.69) is 15.9 Å². The van der Waals surface area contributed by atoms with Crippen LogP contribution in [0.15, 0.2) is 109 Å². The highest BCUT2D eigenvalue weighted by Crippen LogP contribution is 2.36. The Morgan fingerprint density at radius 3 is 2.40 bits per heavy atom. The minimum absolute atomic E-state index is 0.0577. The number of carbonyl (C=O) groups is 2. The third-order valence-electron chi connectivity index (χ3n) is 7.18. The van der Waals surface area contributed by atoms with Crippen molar-refractivity contribution in [2.24, 2.45) is 0 Å². The molecule has 4 aromatic rings. The van der Waals surface area contributed by atoms with Gasteiger partial charge in [0.25, 0.3) is 5.91 Å². The predicted octanol–water partition coefficient (Wildman–Crippen LogP) is 7.93. The molecule has 0 spiro atoms. The zero-order valence-electron chi connectivity index (χ0n) is 24.4. The predicted molar refractivity (Wildman–Crippen MR) is 177 cm³/mol. The molecule has 0 atom stereocenters. The van der Waals surface area contributed by atoms with Gasteiger partial charge in [-0.2, -0.15) is 4.31 Å². The number of esters is 1. The number of hydrogen-bond acceptors (Lipinski definition) is 6. The number of rotatable bonds is 9. The van der Waals surface area contributed by atoms with E-state index in [4.69, 9.17) is 32.4 Å². The number of methoxy groups -OCH3 is 1. The van der Waals surface area contributed by atoms with Crippen LogP contribution < -0.4 is 4.90 Å². The Morgan fingerprint density at radius 1 is 1.00 bits per heavy atom. The van der Waals surface area contributed by atoms with Crippen molar-refractivity contribution in [1.29, 1.82) is 0 Å². The molecule has 0 radical (unpaired) electrons. The van der Waals surface area contributed by atoms with E-state index in [0.29, 0.717) is 32.8 Å². The van der Waals surface area contributed by atoms with Crippen LogP contribution in [0.4, 0.5) is 5.69 Å². The van der Waals surface area contributed by atoms with E-state index < -0.39 is 21.9 Å². The molecule has 45 heavy (non-hydrogen) atoms. The molecular weight excluding hydrogens is 703 g/mol. The van der Waals surface area contributed by atoms with Crippen molar-refractivity contribution in [3.8, 4) is 0 Å². The van der Waals surface area contributed by atoms with Crippen molar-refractivity contribution >= 4 is 72.8 Å². The van der Waals surface area contributed by atoms with Crippen LogP contribution in [-0.2, 0) is 37.4 Å². The van der Waals surface area contributed by atoms with Gasteiger partial charge in [-0.05, 0) is 80.1 Å². The number of furan rings is 1. The molecule has 0 saturated carbocycles. The molecule has 232 valence electrons. The molecule has 5 rings (SSSR count). The summed E-state index contributed by atoms with van der Waals surface area (Å²) in [7, 11) is -2.76. The smallest absolute Gasteiger partial charge is 0.340 e. The van der Waals surface area contributed by atoms with Gasteiger partial charge in [0.2, 0.25) is 10.0 Å². The largest absolute Gasteiger partial charge is 0.465 e. The number of aryl methyl sites for hydroxylation is 1. The molecular formula is C33H27BrCl2N2O6S. The van der Waals surface area contributed by atoms with Crippen molar-refractivity contribution in [2.75, 3.05) is 12.0 Å². The maximum Gasteiger partial charge on any atom is 0.340 e. The van der Waals surface area contributed by atoms with E-state index in [1.165, 1.54) is 22.4 Å². The van der Waals surface area contributed by atoms with Gasteiger partial charge in [-0.25, -0.2) is 13.2 Å². The van der Waals surface area contributed by atoms with Crippen LogP contribution >= 0.6 is 39.1 Å². The van der Waals surface area contributed by atoms with Crippen molar-refractivity contribution < 1.29 is 27.2 Å². The van der Waals surface area contributed by atoms with Crippen molar-refractivity contribution in [1.82, 2.24) is 4.31 Å². The van der Waals surface area contributed by atoms with E-state index in [1.54, 1.807) is 79.7 Å². The van der Waals surface area contributed by atoms with Gasteiger partial charge in [-0.15, -0.1) is 0 Å². The van der Waals surface area contributed by atoms with Gasteiger partial charge < -0.3 is 9.15 Å². The fourth-order valence-electron chi connectivity index (χ4n) is 4.90. The molecule has 1 aliphatic heterocycles. The lowest BCUT2D eigenvalue weighted by atomic mass is 10.1. The Balaban J connectivity index is 1.50. The molecule has 8 nitrogen and oxygen atoms in total. The second-order valence-corrected chi connectivity index (χ2v) is 14.0. The van der Waals surface area contributed by atoms with E-state index >= 15 is 0 Å². The molecule has 12 heteroatoms. The number of allylic oxidation sites excluding steroid dienone is 1. The Kier molecular flexibility index (Phi) is 9.71. The maximum absolute atomic E-state index is 13.8. The lowest BCUT2D eigenvalue weighted by Crippen LogP contribution is -2.30. The lowest BCUT2D eigenvalue weighted by Gasteiger charge is -2.22. The van der Waals surface area contributed by atoms with Crippen LogP contribution in [0, 0.1) is 6.92 Å². The van der Waals surface area contributed by atoms with Gasteiger partial charge >= 0.3 is 5.97 Å². The Bertz CT molecular complexity index is 1970. The summed E-state index contributed by atoms with van der Waals surface area (Å²) in [5.41, 5.74) is 2.62. The molecule has 1 aliphatic rings. The Hall–Kier alpha value is -3.67. The summed E-state index contributed by atoms with van der Waals surface area (Å²) in [5.74, 6) is -0.565. The first kappa shape index (κ1) is 32.7. The van der Waals surface area contributed by atoms with Gasteiger partial charge in [0.05, 0.1) is 35.4 Å². The van der Waals surface area contributed by atoms with Crippen LogP contribution in [0.25, 0.3) is 6.08 Å². The monoisotopic (exact) mass is 728 g/mol. The molecule has 0 fully saturated rings. The number of benzene rings is 3. The van der Waals surface area contributed by atoms with Crippen molar-refractivity contribution in [3.05, 3.63) is 133 Å². The first-order chi connectivity index (χ1) is 21.4. The molecule has 3 aromatic carbocycles. The van der Waals surface area contributed by atoms with Gasteiger partial charge in [-0.1, -0.05) is 69.0 Å². The molecule has 2 heterocycles. The second-order valence-electron chi connectivity index (χ2n) is 10.3. The van der Waals surface area contributed by atoms with Crippen molar-refractivity contribution in [3.63, 3.8) is 0 Å². The van der Waals surface area contributed by atoms with E-state index in [-0.39, 0.29) is 34.9 Å². The molecule has 0 N–H and O–H groups in total. The van der Waals surface area contributed by atoms with Crippen LogP contribution in [-0.4, -0.2) is 31.7 Å². The number of carbonyl (C=O) groups excluding carboxylic acids is 2. The molecule has 0 saturated heterocycles. The summed E-state index contributed by atoms with van der Waals surface area (Å²) in [6.07, 6.45) is 1.45. The summed E-state index contributed by atoms with van der Waals surface area (Å²) in [6, 6.07) is 21.8. The van der Waals surface area contributed by atoms with Crippen LogP contribution in [0.2, 0.25) is 10.0 Å². The standard InChI is InChI=1S/C33H27BrCl2N2O6S/c1-20-7-13-28(14-8-20)45(41,42)37(18-22-9-10-24(35)16-30(22)36)19-27-12-11-26(44-27)17-29-31(33(40)43-3)21(2)38(32(29)39)25-6-4-5-23(34)15-25/h4-17H,18-19H2,1-3H3/b29-17+. The number of anilines is 1. The Morgan fingerprint density at radius 2 is 1.73 bits per heavy atom. The maximum atomic E-state index is 13.8. The number of halogens is 3. The minimum atomic E-state index is -4.00. The SMILES string of the molecule is COC(=O)C1=C(C)N(c2cccc(Br)c2)C(=O)/C1=C/c1ccc(CN(Cc2ccc(Cl)cc2Cl)S(=O)(=O)c2ccc(C)cc2)o1. The zero-order chi connectivity index (χ0) is 32.5. The minimum Gasteiger partial charge on any atom is -0.465 e.